The predicted molar refractivity (Wildman–Crippen MR) is 119 cm³/mol. The van der Waals surface area contributed by atoms with Gasteiger partial charge in [-0.15, -0.1) is 0 Å². The zero-order valence-electron chi connectivity index (χ0n) is 17.9. The monoisotopic (exact) mass is 403 g/mol. The highest BCUT2D eigenvalue weighted by atomic mass is 16.2. The van der Waals surface area contributed by atoms with Crippen molar-refractivity contribution in [3.05, 3.63) is 53.1 Å². The molecule has 1 aromatic carbocycles. The molecule has 0 radical (unpaired) electrons. The summed E-state index contributed by atoms with van der Waals surface area (Å²) >= 11 is 0. The molecule has 2 N–H and O–H groups in total. The highest BCUT2D eigenvalue weighted by Gasteiger charge is 2.42. The van der Waals surface area contributed by atoms with Crippen LogP contribution < -0.4 is 5.32 Å². The Morgan fingerprint density at radius 2 is 2.17 bits per heavy atom. The smallest absolute Gasteiger partial charge is 0.229 e. The number of hydrogen-bond donors (Lipinski definition) is 2. The number of H-pyrrole nitrogens is 1. The molecule has 1 saturated heterocycles. The van der Waals surface area contributed by atoms with Crippen LogP contribution in [0.15, 0.2) is 30.5 Å². The van der Waals surface area contributed by atoms with Crippen molar-refractivity contribution in [1.29, 1.82) is 0 Å². The van der Waals surface area contributed by atoms with Crippen LogP contribution in [0.2, 0.25) is 0 Å². The standard InChI is InChI=1S/C24H29N5O/c1-4-8-29-13-17(24(30)28-22-9-14(2)26-15(3)27-22)10-19-18-6-5-7-20-23(18)16(12-25-20)11-21(19)29/h5-7,9,12,17,19,21,25H,4,8,10-11,13H2,1-3H3,(H,26,27,28,30)/t17-,19?,21-/m1/s1. The third-order valence-corrected chi connectivity index (χ3v) is 6.67. The fourth-order valence-electron chi connectivity index (χ4n) is 5.54. The third kappa shape index (κ3) is 3.29. The zero-order valence-corrected chi connectivity index (χ0v) is 17.9. The number of nitrogens with one attached hydrogen (secondary N) is 2. The lowest BCUT2D eigenvalue weighted by molar-refractivity contribution is -0.122. The predicted octanol–water partition coefficient (Wildman–Crippen LogP) is 3.95. The van der Waals surface area contributed by atoms with Crippen molar-refractivity contribution >= 4 is 22.6 Å². The summed E-state index contributed by atoms with van der Waals surface area (Å²) < 4.78 is 0. The van der Waals surface area contributed by atoms with Gasteiger partial charge in [-0.2, -0.15) is 0 Å². The number of anilines is 1. The molecule has 2 aromatic heterocycles. The molecule has 0 bridgehead atoms. The maximum atomic E-state index is 13.2. The minimum Gasteiger partial charge on any atom is -0.361 e. The van der Waals surface area contributed by atoms with Crippen molar-refractivity contribution in [1.82, 2.24) is 19.9 Å². The highest BCUT2D eigenvalue weighted by molar-refractivity contribution is 5.92. The lowest BCUT2D eigenvalue weighted by atomic mass is 9.72. The second-order valence-corrected chi connectivity index (χ2v) is 8.82. The van der Waals surface area contributed by atoms with Crippen molar-refractivity contribution in [2.75, 3.05) is 18.4 Å². The van der Waals surface area contributed by atoms with Crippen molar-refractivity contribution in [3.8, 4) is 0 Å². The van der Waals surface area contributed by atoms with Gasteiger partial charge in [-0.3, -0.25) is 9.69 Å². The van der Waals surface area contributed by atoms with Gasteiger partial charge >= 0.3 is 0 Å². The summed E-state index contributed by atoms with van der Waals surface area (Å²) in [6.45, 7) is 7.83. The maximum Gasteiger partial charge on any atom is 0.229 e. The normalized spacial score (nSPS) is 23.4. The fraction of sp³-hybridized carbons (Fsp3) is 0.458. The Hall–Kier alpha value is -2.73. The van der Waals surface area contributed by atoms with E-state index < -0.39 is 0 Å². The first-order valence-electron chi connectivity index (χ1n) is 11.0. The summed E-state index contributed by atoms with van der Waals surface area (Å²) in [4.78, 5) is 27.9. The van der Waals surface area contributed by atoms with Crippen molar-refractivity contribution in [2.24, 2.45) is 5.92 Å². The second kappa shape index (κ2) is 7.51. The lowest BCUT2D eigenvalue weighted by Crippen LogP contribution is -2.52. The Morgan fingerprint density at radius 3 is 2.97 bits per heavy atom. The Balaban J connectivity index is 1.45. The van der Waals surface area contributed by atoms with E-state index in [4.69, 9.17) is 0 Å². The van der Waals surface area contributed by atoms with Crippen LogP contribution in [0.1, 0.15) is 48.3 Å². The van der Waals surface area contributed by atoms with Gasteiger partial charge in [0.05, 0.1) is 5.92 Å². The molecule has 5 rings (SSSR count). The van der Waals surface area contributed by atoms with Crippen LogP contribution in [-0.2, 0) is 11.2 Å². The lowest BCUT2D eigenvalue weighted by Gasteiger charge is -2.46. The van der Waals surface area contributed by atoms with Gasteiger partial charge in [0.25, 0.3) is 0 Å². The molecule has 6 heteroatoms. The summed E-state index contributed by atoms with van der Waals surface area (Å²) in [5.41, 5.74) is 4.89. The molecule has 1 amide bonds. The molecule has 2 aliphatic rings. The third-order valence-electron chi connectivity index (χ3n) is 6.67. The highest BCUT2D eigenvalue weighted by Crippen LogP contribution is 2.44. The molecule has 3 atom stereocenters. The number of aromatic amines is 1. The number of hydrogen-bond acceptors (Lipinski definition) is 4. The Bertz CT molecular complexity index is 1080. The van der Waals surface area contributed by atoms with Crippen LogP contribution in [0, 0.1) is 19.8 Å². The molecule has 3 aromatic rings. The number of aryl methyl sites for hydroxylation is 2. The summed E-state index contributed by atoms with van der Waals surface area (Å²) in [7, 11) is 0. The van der Waals surface area contributed by atoms with E-state index in [1.165, 1.54) is 22.0 Å². The van der Waals surface area contributed by atoms with Crippen molar-refractivity contribution in [3.63, 3.8) is 0 Å². The largest absolute Gasteiger partial charge is 0.361 e. The van der Waals surface area contributed by atoms with Gasteiger partial charge in [0, 0.05) is 47.4 Å². The molecule has 30 heavy (non-hydrogen) atoms. The van der Waals surface area contributed by atoms with E-state index in [0.717, 1.165) is 38.0 Å². The molecule has 156 valence electrons. The van der Waals surface area contributed by atoms with Gasteiger partial charge in [0.2, 0.25) is 5.91 Å². The minimum absolute atomic E-state index is 0.0517. The molecule has 1 fully saturated rings. The maximum absolute atomic E-state index is 13.2. The molecule has 6 nitrogen and oxygen atoms in total. The van der Waals surface area contributed by atoms with Crippen molar-refractivity contribution < 1.29 is 4.79 Å². The summed E-state index contributed by atoms with van der Waals surface area (Å²) in [6.07, 6.45) is 5.20. The van der Waals surface area contributed by atoms with Gasteiger partial charge < -0.3 is 10.3 Å². The van der Waals surface area contributed by atoms with E-state index in [9.17, 15) is 4.79 Å². The number of aromatic nitrogens is 3. The Kier molecular flexibility index (Phi) is 4.82. The van der Waals surface area contributed by atoms with Gasteiger partial charge in [0.15, 0.2) is 0 Å². The number of fused-ring (bicyclic) bond motifs is 2. The Morgan fingerprint density at radius 1 is 1.30 bits per heavy atom. The van der Waals surface area contributed by atoms with Crippen LogP contribution in [0.25, 0.3) is 10.9 Å². The number of amides is 1. The van der Waals surface area contributed by atoms with Crippen LogP contribution in [0.5, 0.6) is 0 Å². The SMILES string of the molecule is CCCN1C[C@H](C(=O)Nc2cc(C)nc(C)n2)CC2c3cccc4[nH]cc(c34)C[C@H]21. The number of likely N-dealkylation sites (tertiary alicyclic amines) is 1. The van der Waals surface area contributed by atoms with E-state index >= 15 is 0 Å². The topological polar surface area (TPSA) is 73.9 Å². The van der Waals surface area contributed by atoms with Gasteiger partial charge in [-0.05, 0) is 56.8 Å². The molecule has 3 heterocycles. The Labute approximate surface area is 177 Å². The molecule has 1 unspecified atom stereocenters. The molecule has 0 saturated carbocycles. The number of carbonyl (C=O) groups excluding carboxylic acids is 1. The molecule has 0 spiro atoms. The second-order valence-electron chi connectivity index (χ2n) is 8.82. The molecular formula is C24H29N5O. The first kappa shape index (κ1) is 19.2. The summed E-state index contributed by atoms with van der Waals surface area (Å²) in [6, 6.07) is 8.86. The van der Waals surface area contributed by atoms with E-state index in [2.05, 4.69) is 56.5 Å². The number of carbonyl (C=O) groups is 1. The van der Waals surface area contributed by atoms with Gasteiger partial charge in [-0.1, -0.05) is 19.1 Å². The fourth-order valence-corrected chi connectivity index (χ4v) is 5.54. The minimum atomic E-state index is -0.0517. The first-order valence-corrected chi connectivity index (χ1v) is 11.0. The number of nitrogens with zero attached hydrogens (tertiary/aromatic N) is 3. The first-order chi connectivity index (χ1) is 14.5. The van der Waals surface area contributed by atoms with Crippen molar-refractivity contribution in [2.45, 2.75) is 52.0 Å². The van der Waals surface area contributed by atoms with Crippen LogP contribution >= 0.6 is 0 Å². The van der Waals surface area contributed by atoms with E-state index in [1.54, 1.807) is 0 Å². The van der Waals surface area contributed by atoms with Crippen LogP contribution in [-0.4, -0.2) is 44.9 Å². The van der Waals surface area contributed by atoms with E-state index in [1.807, 2.05) is 19.9 Å². The molecular weight excluding hydrogens is 374 g/mol. The summed E-state index contributed by atoms with van der Waals surface area (Å²) in [5.74, 6) is 1.68. The zero-order chi connectivity index (χ0) is 20.8. The average molecular weight is 404 g/mol. The van der Waals surface area contributed by atoms with Gasteiger partial charge in [0.1, 0.15) is 11.6 Å². The summed E-state index contributed by atoms with van der Waals surface area (Å²) in [5, 5.41) is 4.44. The quantitative estimate of drug-likeness (QED) is 0.692. The number of rotatable bonds is 4. The van der Waals surface area contributed by atoms with Crippen LogP contribution in [0.3, 0.4) is 0 Å². The van der Waals surface area contributed by atoms with Crippen LogP contribution in [0.4, 0.5) is 5.82 Å². The molecule has 1 aliphatic heterocycles. The van der Waals surface area contributed by atoms with Gasteiger partial charge in [-0.25, -0.2) is 9.97 Å². The number of benzene rings is 1. The molecule has 1 aliphatic carbocycles. The average Bonchev–Trinajstić information content (AvgIpc) is 3.12. The van der Waals surface area contributed by atoms with E-state index in [0.29, 0.717) is 23.6 Å². The van der Waals surface area contributed by atoms with E-state index in [-0.39, 0.29) is 11.8 Å². The number of piperidine rings is 1.